The molecule has 0 atom stereocenters. The summed E-state index contributed by atoms with van der Waals surface area (Å²) in [5.74, 6) is -0.209. The Morgan fingerprint density at radius 3 is 2.80 bits per heavy atom. The van der Waals surface area contributed by atoms with E-state index in [1.54, 1.807) is 23.6 Å². The first-order valence-electron chi connectivity index (χ1n) is 6.23. The molecule has 0 aliphatic rings. The van der Waals surface area contributed by atoms with Gasteiger partial charge in [0.15, 0.2) is 0 Å². The molecular formula is C15H17N3OS. The highest BCUT2D eigenvalue weighted by atomic mass is 32.1. The summed E-state index contributed by atoms with van der Waals surface area (Å²) in [5, 5.41) is 6.00. The zero-order valence-corrected chi connectivity index (χ0v) is 12.6. The molecule has 5 heteroatoms. The molecule has 1 amide bonds. The summed E-state index contributed by atoms with van der Waals surface area (Å²) in [6.07, 6.45) is 1.67. The Labute approximate surface area is 122 Å². The standard InChI is InChI=1S/C15H17N3OS/c1-11-7-8-20-14(11)10-16-17-15(19)12-5-4-6-13(9-12)18(2)3/h4-10H,1-3H3,(H,17,19)/b16-10+. The Kier molecular flexibility index (Phi) is 4.53. The van der Waals surface area contributed by atoms with Crippen molar-refractivity contribution >= 4 is 29.1 Å². The number of thiophene rings is 1. The highest BCUT2D eigenvalue weighted by Crippen LogP contribution is 2.14. The number of hydrazone groups is 1. The molecule has 0 unspecified atom stereocenters. The van der Waals surface area contributed by atoms with Crippen LogP contribution in [0.2, 0.25) is 0 Å². The lowest BCUT2D eigenvalue weighted by atomic mass is 10.2. The molecule has 4 nitrogen and oxygen atoms in total. The Morgan fingerprint density at radius 2 is 2.15 bits per heavy atom. The molecule has 1 heterocycles. The van der Waals surface area contributed by atoms with Crippen molar-refractivity contribution in [2.45, 2.75) is 6.92 Å². The van der Waals surface area contributed by atoms with Crippen molar-refractivity contribution in [3.63, 3.8) is 0 Å². The molecule has 0 saturated heterocycles. The maximum absolute atomic E-state index is 12.0. The van der Waals surface area contributed by atoms with Gasteiger partial charge in [0.1, 0.15) is 0 Å². The van der Waals surface area contributed by atoms with E-state index >= 15 is 0 Å². The lowest BCUT2D eigenvalue weighted by Crippen LogP contribution is -2.18. The molecule has 1 aromatic heterocycles. The van der Waals surface area contributed by atoms with Gasteiger partial charge in [-0.25, -0.2) is 5.43 Å². The summed E-state index contributed by atoms with van der Waals surface area (Å²) in [7, 11) is 3.88. The Bertz CT molecular complexity index is 632. The molecule has 2 aromatic rings. The molecule has 104 valence electrons. The van der Waals surface area contributed by atoms with Gasteiger partial charge in [-0.3, -0.25) is 4.79 Å². The molecule has 0 aliphatic carbocycles. The lowest BCUT2D eigenvalue weighted by Gasteiger charge is -2.12. The van der Waals surface area contributed by atoms with Crippen LogP contribution in [0, 0.1) is 6.92 Å². The van der Waals surface area contributed by atoms with Gasteiger partial charge in [0.05, 0.1) is 6.21 Å². The topological polar surface area (TPSA) is 44.7 Å². The Morgan fingerprint density at radius 1 is 1.35 bits per heavy atom. The molecule has 20 heavy (non-hydrogen) atoms. The molecule has 0 aliphatic heterocycles. The average molecular weight is 287 g/mol. The zero-order valence-electron chi connectivity index (χ0n) is 11.8. The van der Waals surface area contributed by atoms with Gasteiger partial charge in [0, 0.05) is 30.2 Å². The van der Waals surface area contributed by atoms with Crippen molar-refractivity contribution in [2.24, 2.45) is 5.10 Å². The predicted molar refractivity (Wildman–Crippen MR) is 84.9 cm³/mol. The number of nitrogens with one attached hydrogen (secondary N) is 1. The number of aryl methyl sites for hydroxylation is 1. The van der Waals surface area contributed by atoms with Gasteiger partial charge in [-0.2, -0.15) is 5.10 Å². The second-order valence-corrected chi connectivity index (χ2v) is 5.56. The fraction of sp³-hybridized carbons (Fsp3) is 0.200. The van der Waals surface area contributed by atoms with E-state index in [2.05, 4.69) is 10.5 Å². The van der Waals surface area contributed by atoms with E-state index in [9.17, 15) is 4.79 Å². The predicted octanol–water partition coefficient (Wildman–Crippen LogP) is 2.89. The van der Waals surface area contributed by atoms with Crippen LogP contribution >= 0.6 is 11.3 Å². The second-order valence-electron chi connectivity index (χ2n) is 4.61. The van der Waals surface area contributed by atoms with Crippen molar-refractivity contribution in [1.29, 1.82) is 0 Å². The first-order chi connectivity index (χ1) is 9.58. The van der Waals surface area contributed by atoms with Gasteiger partial charge in [-0.1, -0.05) is 6.07 Å². The zero-order chi connectivity index (χ0) is 14.5. The smallest absolute Gasteiger partial charge is 0.271 e. The van der Waals surface area contributed by atoms with Crippen LogP contribution in [-0.2, 0) is 0 Å². The van der Waals surface area contributed by atoms with Crippen LogP contribution in [0.5, 0.6) is 0 Å². The van der Waals surface area contributed by atoms with Crippen LogP contribution in [0.3, 0.4) is 0 Å². The van der Waals surface area contributed by atoms with Crippen molar-refractivity contribution in [3.8, 4) is 0 Å². The van der Waals surface area contributed by atoms with Crippen LogP contribution in [0.4, 0.5) is 5.69 Å². The fourth-order valence-corrected chi connectivity index (χ4v) is 2.44. The largest absolute Gasteiger partial charge is 0.378 e. The summed E-state index contributed by atoms with van der Waals surface area (Å²) in [5.41, 5.74) is 5.28. The van der Waals surface area contributed by atoms with E-state index < -0.39 is 0 Å². The third-order valence-electron chi connectivity index (χ3n) is 2.87. The number of carbonyl (C=O) groups excluding carboxylic acids is 1. The number of benzene rings is 1. The van der Waals surface area contributed by atoms with Crippen molar-refractivity contribution in [3.05, 3.63) is 51.7 Å². The number of hydrogen-bond acceptors (Lipinski definition) is 4. The van der Waals surface area contributed by atoms with Crippen molar-refractivity contribution in [1.82, 2.24) is 5.43 Å². The summed E-state index contributed by atoms with van der Waals surface area (Å²) in [6.45, 7) is 2.01. The lowest BCUT2D eigenvalue weighted by molar-refractivity contribution is 0.0955. The maximum Gasteiger partial charge on any atom is 0.271 e. The third kappa shape index (κ3) is 3.45. The summed E-state index contributed by atoms with van der Waals surface area (Å²) in [4.78, 5) is 15.0. The minimum absolute atomic E-state index is 0.209. The van der Waals surface area contributed by atoms with Crippen LogP contribution in [-0.4, -0.2) is 26.2 Å². The van der Waals surface area contributed by atoms with Gasteiger partial charge in [-0.15, -0.1) is 11.3 Å². The Hall–Kier alpha value is -2.14. The fourth-order valence-electron chi connectivity index (χ4n) is 1.66. The highest BCUT2D eigenvalue weighted by molar-refractivity contribution is 7.11. The van der Waals surface area contributed by atoms with Crippen LogP contribution in [0.25, 0.3) is 0 Å². The summed E-state index contributed by atoms with van der Waals surface area (Å²) >= 11 is 1.60. The van der Waals surface area contributed by atoms with Gasteiger partial charge in [-0.05, 0) is 42.1 Å². The van der Waals surface area contributed by atoms with Gasteiger partial charge in [0.25, 0.3) is 5.91 Å². The first-order valence-corrected chi connectivity index (χ1v) is 7.11. The minimum atomic E-state index is -0.209. The molecule has 0 fully saturated rings. The number of amides is 1. The second kappa shape index (κ2) is 6.34. The normalized spacial score (nSPS) is 10.8. The number of nitrogens with zero attached hydrogens (tertiary/aromatic N) is 2. The molecule has 1 N–H and O–H groups in total. The van der Waals surface area contributed by atoms with Crippen LogP contribution < -0.4 is 10.3 Å². The maximum atomic E-state index is 12.0. The van der Waals surface area contributed by atoms with Crippen molar-refractivity contribution < 1.29 is 4.79 Å². The summed E-state index contributed by atoms with van der Waals surface area (Å²) in [6, 6.07) is 9.44. The van der Waals surface area contributed by atoms with E-state index in [1.807, 2.05) is 55.6 Å². The molecule has 0 bridgehead atoms. The highest BCUT2D eigenvalue weighted by Gasteiger charge is 2.05. The number of rotatable bonds is 4. The number of carbonyl (C=O) groups is 1. The van der Waals surface area contributed by atoms with E-state index in [1.165, 1.54) is 0 Å². The summed E-state index contributed by atoms with van der Waals surface area (Å²) < 4.78 is 0. The molecular weight excluding hydrogens is 270 g/mol. The average Bonchev–Trinajstić information content (AvgIpc) is 2.84. The minimum Gasteiger partial charge on any atom is -0.378 e. The molecule has 0 saturated carbocycles. The van der Waals surface area contributed by atoms with Gasteiger partial charge < -0.3 is 4.90 Å². The van der Waals surface area contributed by atoms with E-state index in [4.69, 9.17) is 0 Å². The van der Waals surface area contributed by atoms with E-state index in [-0.39, 0.29) is 5.91 Å². The SMILES string of the molecule is Cc1ccsc1/C=N/NC(=O)c1cccc(N(C)C)c1. The van der Waals surface area contributed by atoms with E-state index in [0.29, 0.717) is 5.56 Å². The molecule has 1 aromatic carbocycles. The Balaban J connectivity index is 2.03. The quantitative estimate of drug-likeness (QED) is 0.694. The van der Waals surface area contributed by atoms with Crippen LogP contribution in [0.15, 0.2) is 40.8 Å². The molecule has 2 rings (SSSR count). The van der Waals surface area contributed by atoms with Gasteiger partial charge >= 0.3 is 0 Å². The first kappa shape index (κ1) is 14.3. The van der Waals surface area contributed by atoms with Crippen molar-refractivity contribution in [2.75, 3.05) is 19.0 Å². The molecule has 0 spiro atoms. The van der Waals surface area contributed by atoms with E-state index in [0.717, 1.165) is 16.1 Å². The molecule has 0 radical (unpaired) electrons. The number of anilines is 1. The number of hydrogen-bond donors (Lipinski definition) is 1. The van der Waals surface area contributed by atoms with Crippen LogP contribution in [0.1, 0.15) is 20.8 Å². The third-order valence-corrected chi connectivity index (χ3v) is 3.83. The van der Waals surface area contributed by atoms with Gasteiger partial charge in [0.2, 0.25) is 0 Å². The monoisotopic (exact) mass is 287 g/mol.